The number of benzene rings is 1. The monoisotopic (exact) mass is 333 g/mol. The molecule has 2 N–H and O–H groups in total. The molecule has 0 amide bonds. The van der Waals surface area contributed by atoms with Crippen LogP contribution in [0.15, 0.2) is 23.1 Å². The Balaban J connectivity index is 1.93. The first-order valence-electron chi connectivity index (χ1n) is 7.03. The van der Waals surface area contributed by atoms with E-state index in [1.54, 1.807) is 0 Å². The normalized spacial score (nSPS) is 19.6. The summed E-state index contributed by atoms with van der Waals surface area (Å²) < 4.78 is 32.4. The third-order valence-electron chi connectivity index (χ3n) is 3.54. The summed E-state index contributed by atoms with van der Waals surface area (Å²) in [5, 5.41) is 9.28. The van der Waals surface area contributed by atoms with Crippen LogP contribution in [0.5, 0.6) is 0 Å². The van der Waals surface area contributed by atoms with E-state index in [1.165, 1.54) is 18.2 Å². The molecule has 1 aliphatic heterocycles. The molecule has 0 bridgehead atoms. The van der Waals surface area contributed by atoms with Gasteiger partial charge in [-0.1, -0.05) is 17.7 Å². The summed E-state index contributed by atoms with van der Waals surface area (Å²) in [6, 6.07) is 4.31. The fourth-order valence-electron chi connectivity index (χ4n) is 2.30. The van der Waals surface area contributed by atoms with E-state index in [2.05, 4.69) is 4.72 Å². The predicted octanol–water partition coefficient (Wildman–Crippen LogP) is 2.07. The molecule has 0 aliphatic carbocycles. The van der Waals surface area contributed by atoms with E-state index in [1.807, 2.05) is 0 Å². The first-order chi connectivity index (χ1) is 10.0. The Hall–Kier alpha value is -0.660. The molecule has 0 spiro atoms. The van der Waals surface area contributed by atoms with Crippen LogP contribution in [0.4, 0.5) is 0 Å². The van der Waals surface area contributed by atoms with Crippen LogP contribution < -0.4 is 4.72 Å². The fourth-order valence-corrected chi connectivity index (χ4v) is 3.67. The topological polar surface area (TPSA) is 75.6 Å². The Morgan fingerprint density at radius 3 is 2.81 bits per heavy atom. The lowest BCUT2D eigenvalue weighted by molar-refractivity contribution is 0.0123. The molecule has 1 heterocycles. The molecule has 7 heteroatoms. The summed E-state index contributed by atoms with van der Waals surface area (Å²) in [6.07, 6.45) is 4.01. The van der Waals surface area contributed by atoms with Gasteiger partial charge in [0.2, 0.25) is 10.0 Å². The molecular weight excluding hydrogens is 314 g/mol. The largest absolute Gasteiger partial charge is 0.392 e. The molecule has 1 saturated heterocycles. The zero-order valence-electron chi connectivity index (χ0n) is 11.7. The van der Waals surface area contributed by atoms with Crippen LogP contribution in [-0.4, -0.2) is 32.8 Å². The molecule has 1 aromatic rings. The Morgan fingerprint density at radius 2 is 2.19 bits per heavy atom. The summed E-state index contributed by atoms with van der Waals surface area (Å²) in [4.78, 5) is 0.106. The van der Waals surface area contributed by atoms with E-state index in [0.29, 0.717) is 18.5 Å². The molecule has 1 aromatic carbocycles. The van der Waals surface area contributed by atoms with E-state index in [9.17, 15) is 8.42 Å². The minimum atomic E-state index is -3.58. The van der Waals surface area contributed by atoms with Crippen LogP contribution >= 0.6 is 11.6 Å². The van der Waals surface area contributed by atoms with Gasteiger partial charge in [-0.2, -0.15) is 0 Å². The van der Waals surface area contributed by atoms with Gasteiger partial charge in [0.15, 0.2) is 0 Å². The van der Waals surface area contributed by atoms with Gasteiger partial charge >= 0.3 is 0 Å². The zero-order chi connectivity index (χ0) is 15.3. The van der Waals surface area contributed by atoms with E-state index < -0.39 is 10.0 Å². The van der Waals surface area contributed by atoms with Crippen LogP contribution in [0, 0.1) is 0 Å². The Bertz CT molecular complexity index is 570. The van der Waals surface area contributed by atoms with Crippen molar-refractivity contribution in [1.82, 2.24) is 4.72 Å². The molecule has 0 radical (unpaired) electrons. The quantitative estimate of drug-likeness (QED) is 0.835. The highest BCUT2D eigenvalue weighted by atomic mass is 35.5. The molecule has 2 rings (SSSR count). The molecule has 5 nitrogen and oxygen atoms in total. The van der Waals surface area contributed by atoms with Gasteiger partial charge in [0.1, 0.15) is 0 Å². The lowest BCUT2D eigenvalue weighted by Crippen LogP contribution is -2.29. The second kappa shape index (κ2) is 7.56. The van der Waals surface area contributed by atoms with Crippen molar-refractivity contribution in [3.05, 3.63) is 28.8 Å². The number of sulfonamides is 1. The molecule has 1 aliphatic rings. The standard InChI is InChI=1S/C14H20ClNO4S/c15-14-9-13(5-4-11(14)10-17)21(18,19)16-7-6-12-3-1-2-8-20-12/h4-5,9,12,16-17H,1-3,6-8,10H2. The summed E-state index contributed by atoms with van der Waals surface area (Å²) in [7, 11) is -3.58. The predicted molar refractivity (Wildman–Crippen MR) is 80.8 cm³/mol. The summed E-state index contributed by atoms with van der Waals surface area (Å²) in [5.74, 6) is 0. The minimum absolute atomic E-state index is 0.106. The molecule has 21 heavy (non-hydrogen) atoms. The first kappa shape index (κ1) is 16.7. The fraction of sp³-hybridized carbons (Fsp3) is 0.571. The maximum Gasteiger partial charge on any atom is 0.240 e. The number of hydrogen-bond acceptors (Lipinski definition) is 4. The second-order valence-electron chi connectivity index (χ2n) is 5.09. The minimum Gasteiger partial charge on any atom is -0.392 e. The van der Waals surface area contributed by atoms with Crippen molar-refractivity contribution < 1.29 is 18.3 Å². The van der Waals surface area contributed by atoms with Crippen LogP contribution in [0.1, 0.15) is 31.2 Å². The van der Waals surface area contributed by atoms with E-state index in [4.69, 9.17) is 21.4 Å². The highest BCUT2D eigenvalue weighted by Gasteiger charge is 2.18. The molecular formula is C14H20ClNO4S. The SMILES string of the molecule is O=S(=O)(NCCC1CCCCO1)c1ccc(CO)c(Cl)c1. The number of aliphatic hydroxyl groups is 1. The van der Waals surface area contributed by atoms with Gasteiger partial charge in [0, 0.05) is 18.2 Å². The van der Waals surface area contributed by atoms with Crippen LogP contribution in [0.2, 0.25) is 5.02 Å². The van der Waals surface area contributed by atoms with Crippen molar-refractivity contribution >= 4 is 21.6 Å². The van der Waals surface area contributed by atoms with Crippen molar-refractivity contribution in [1.29, 1.82) is 0 Å². The van der Waals surface area contributed by atoms with E-state index in [-0.39, 0.29) is 22.6 Å². The van der Waals surface area contributed by atoms with Gasteiger partial charge in [-0.05, 0) is 43.4 Å². The van der Waals surface area contributed by atoms with Gasteiger partial charge in [0.05, 0.1) is 17.6 Å². The number of aliphatic hydroxyl groups excluding tert-OH is 1. The van der Waals surface area contributed by atoms with E-state index in [0.717, 1.165) is 25.9 Å². The first-order valence-corrected chi connectivity index (χ1v) is 8.89. The smallest absolute Gasteiger partial charge is 0.240 e. The summed E-state index contributed by atoms with van der Waals surface area (Å²) in [6.45, 7) is 0.883. The third kappa shape index (κ3) is 4.66. The van der Waals surface area contributed by atoms with Crippen molar-refractivity contribution in [3.63, 3.8) is 0 Å². The molecule has 1 fully saturated rings. The van der Waals surface area contributed by atoms with Crippen molar-refractivity contribution in [3.8, 4) is 0 Å². The van der Waals surface area contributed by atoms with Gasteiger partial charge in [-0.25, -0.2) is 13.1 Å². The van der Waals surface area contributed by atoms with Gasteiger partial charge < -0.3 is 9.84 Å². The molecule has 118 valence electrons. The van der Waals surface area contributed by atoms with Crippen molar-refractivity contribution in [2.75, 3.05) is 13.2 Å². The van der Waals surface area contributed by atoms with Crippen LogP contribution in [0.3, 0.4) is 0 Å². The highest BCUT2D eigenvalue weighted by molar-refractivity contribution is 7.89. The van der Waals surface area contributed by atoms with Gasteiger partial charge in [0.25, 0.3) is 0 Å². The highest BCUT2D eigenvalue weighted by Crippen LogP contribution is 2.21. The Morgan fingerprint density at radius 1 is 1.38 bits per heavy atom. The number of hydrogen-bond donors (Lipinski definition) is 2. The van der Waals surface area contributed by atoms with Crippen molar-refractivity contribution in [2.45, 2.75) is 43.3 Å². The lowest BCUT2D eigenvalue weighted by Gasteiger charge is -2.22. The number of ether oxygens (including phenoxy) is 1. The van der Waals surface area contributed by atoms with Crippen LogP contribution in [-0.2, 0) is 21.4 Å². The Kier molecular flexibility index (Phi) is 6.01. The van der Waals surface area contributed by atoms with Gasteiger partial charge in [-0.15, -0.1) is 0 Å². The third-order valence-corrected chi connectivity index (χ3v) is 5.35. The average molecular weight is 334 g/mol. The molecule has 0 aromatic heterocycles. The molecule has 0 saturated carbocycles. The maximum atomic E-state index is 12.2. The lowest BCUT2D eigenvalue weighted by atomic mass is 10.1. The summed E-state index contributed by atoms with van der Waals surface area (Å²) >= 11 is 5.92. The maximum absolute atomic E-state index is 12.2. The van der Waals surface area contributed by atoms with Gasteiger partial charge in [-0.3, -0.25) is 0 Å². The molecule has 1 atom stereocenters. The summed E-state index contributed by atoms with van der Waals surface area (Å²) in [5.41, 5.74) is 0.506. The second-order valence-corrected chi connectivity index (χ2v) is 7.26. The number of halogens is 1. The molecule has 1 unspecified atom stereocenters. The van der Waals surface area contributed by atoms with E-state index >= 15 is 0 Å². The van der Waals surface area contributed by atoms with Crippen LogP contribution in [0.25, 0.3) is 0 Å². The Labute approximate surface area is 130 Å². The zero-order valence-corrected chi connectivity index (χ0v) is 13.3. The van der Waals surface area contributed by atoms with Crippen molar-refractivity contribution in [2.24, 2.45) is 0 Å². The number of rotatable bonds is 6. The average Bonchev–Trinajstić information content (AvgIpc) is 2.48. The number of nitrogens with one attached hydrogen (secondary N) is 1.